The molecule has 0 fully saturated rings. The molecule has 0 bridgehead atoms. The molecule has 2 aromatic carbocycles. The van der Waals surface area contributed by atoms with Gasteiger partial charge in [-0.25, -0.2) is 4.98 Å². The molecule has 0 spiro atoms. The Hall–Kier alpha value is -2.37. The number of halogens is 2. The Kier molecular flexibility index (Phi) is 5.06. The van der Waals surface area contributed by atoms with Crippen LogP contribution in [0.3, 0.4) is 0 Å². The predicted octanol–water partition coefficient (Wildman–Crippen LogP) is 4.29. The number of anilines is 1. The van der Waals surface area contributed by atoms with Gasteiger partial charge in [-0.05, 0) is 36.8 Å². The summed E-state index contributed by atoms with van der Waals surface area (Å²) in [6.07, 6.45) is 1.84. The topological polar surface area (TPSA) is 64.0 Å². The normalized spacial score (nSPS) is 12.1. The van der Waals surface area contributed by atoms with Gasteiger partial charge in [0.15, 0.2) is 0 Å². The monoisotopic (exact) mass is 375 g/mol. The molecule has 0 aliphatic rings. The molecule has 25 heavy (non-hydrogen) atoms. The molecule has 0 aliphatic carbocycles. The highest BCUT2D eigenvalue weighted by Gasteiger charge is 2.21. The molecule has 1 N–H and O–H groups in total. The number of nitrogens with one attached hydrogen (secondary N) is 1. The zero-order valence-electron chi connectivity index (χ0n) is 13.4. The Morgan fingerprint density at radius 3 is 2.56 bits per heavy atom. The average Bonchev–Trinajstić information content (AvgIpc) is 2.57. The number of carbonyl (C=O) groups is 1. The van der Waals surface area contributed by atoms with Crippen molar-refractivity contribution in [3.05, 3.63) is 69.2 Å². The fourth-order valence-corrected chi connectivity index (χ4v) is 3.19. The molecule has 7 heteroatoms. The van der Waals surface area contributed by atoms with Crippen molar-refractivity contribution < 1.29 is 4.79 Å². The number of fused-ring (bicyclic) bond motifs is 1. The summed E-state index contributed by atoms with van der Waals surface area (Å²) in [7, 11) is 0. The molecular weight excluding hydrogens is 361 g/mol. The summed E-state index contributed by atoms with van der Waals surface area (Å²) in [5.74, 6) is -0.333. The number of amides is 1. The van der Waals surface area contributed by atoms with Crippen molar-refractivity contribution in [3.8, 4) is 0 Å². The number of carbonyl (C=O) groups excluding carboxylic acids is 1. The van der Waals surface area contributed by atoms with Crippen LogP contribution < -0.4 is 10.9 Å². The minimum absolute atomic E-state index is 0.253. The van der Waals surface area contributed by atoms with Crippen LogP contribution in [0.4, 0.5) is 5.69 Å². The quantitative estimate of drug-likeness (QED) is 0.739. The lowest BCUT2D eigenvalue weighted by Gasteiger charge is -2.18. The van der Waals surface area contributed by atoms with Gasteiger partial charge >= 0.3 is 0 Å². The average molecular weight is 376 g/mol. The van der Waals surface area contributed by atoms with E-state index in [-0.39, 0.29) is 11.5 Å². The van der Waals surface area contributed by atoms with Crippen molar-refractivity contribution >= 4 is 45.7 Å². The van der Waals surface area contributed by atoms with Crippen LogP contribution in [0.25, 0.3) is 10.9 Å². The first kappa shape index (κ1) is 17.5. The molecule has 1 atom stereocenters. The zero-order chi connectivity index (χ0) is 18.0. The number of aromatic nitrogens is 2. The maximum atomic E-state index is 12.7. The summed E-state index contributed by atoms with van der Waals surface area (Å²) in [6.45, 7) is 1.83. The molecule has 0 saturated carbocycles. The Labute approximate surface area is 154 Å². The second-order valence-electron chi connectivity index (χ2n) is 5.55. The number of rotatable bonds is 4. The van der Waals surface area contributed by atoms with E-state index in [0.29, 0.717) is 33.1 Å². The lowest BCUT2D eigenvalue weighted by atomic mass is 10.1. The van der Waals surface area contributed by atoms with Gasteiger partial charge in [0.25, 0.3) is 5.56 Å². The molecule has 1 heterocycles. The highest BCUT2D eigenvalue weighted by Crippen LogP contribution is 2.23. The molecular formula is C18H15Cl2N3O2. The second kappa shape index (κ2) is 7.25. The van der Waals surface area contributed by atoms with E-state index >= 15 is 0 Å². The molecule has 0 saturated heterocycles. The van der Waals surface area contributed by atoms with E-state index < -0.39 is 6.04 Å². The molecule has 3 rings (SSSR count). The third kappa shape index (κ3) is 3.67. The van der Waals surface area contributed by atoms with Crippen LogP contribution in [0.15, 0.2) is 53.6 Å². The van der Waals surface area contributed by atoms with Crippen LogP contribution in [-0.4, -0.2) is 15.5 Å². The van der Waals surface area contributed by atoms with Crippen LogP contribution >= 0.6 is 23.2 Å². The highest BCUT2D eigenvalue weighted by atomic mass is 35.5. The SMILES string of the molecule is CC[C@@H](C(=O)Nc1cc(Cl)cc(Cl)c1)n1cnc2ccccc2c1=O. The zero-order valence-corrected chi connectivity index (χ0v) is 14.9. The lowest BCUT2D eigenvalue weighted by molar-refractivity contribution is -0.119. The lowest BCUT2D eigenvalue weighted by Crippen LogP contribution is -2.33. The summed E-state index contributed by atoms with van der Waals surface area (Å²) in [5.41, 5.74) is 0.820. The van der Waals surface area contributed by atoms with E-state index in [1.165, 1.54) is 10.9 Å². The summed E-state index contributed by atoms with van der Waals surface area (Å²) in [4.78, 5) is 29.6. The first-order chi connectivity index (χ1) is 12.0. The van der Waals surface area contributed by atoms with Gasteiger partial charge in [-0.3, -0.25) is 14.2 Å². The number of benzene rings is 2. The van der Waals surface area contributed by atoms with Crippen molar-refractivity contribution in [3.63, 3.8) is 0 Å². The molecule has 0 unspecified atom stereocenters. The standard InChI is InChI=1S/C18H15Cl2N3O2/c1-2-16(17(24)22-13-8-11(19)7-12(20)9-13)23-10-21-15-6-4-3-5-14(15)18(23)25/h3-10,16H,2H2,1H3,(H,22,24)/t16-/m0/s1. The molecule has 0 aliphatic heterocycles. The summed E-state index contributed by atoms with van der Waals surface area (Å²) < 4.78 is 1.35. The van der Waals surface area contributed by atoms with Crippen molar-refractivity contribution in [1.82, 2.24) is 9.55 Å². The highest BCUT2D eigenvalue weighted by molar-refractivity contribution is 6.35. The van der Waals surface area contributed by atoms with Crippen LogP contribution in [-0.2, 0) is 4.79 Å². The van der Waals surface area contributed by atoms with Gasteiger partial charge in [0.05, 0.1) is 17.2 Å². The van der Waals surface area contributed by atoms with Gasteiger partial charge in [-0.2, -0.15) is 0 Å². The van der Waals surface area contributed by atoms with Gasteiger partial charge in [0.1, 0.15) is 6.04 Å². The third-order valence-corrected chi connectivity index (χ3v) is 4.28. The number of hydrogen-bond acceptors (Lipinski definition) is 3. The third-order valence-electron chi connectivity index (χ3n) is 3.85. The number of nitrogens with zero attached hydrogens (tertiary/aromatic N) is 2. The van der Waals surface area contributed by atoms with Crippen molar-refractivity contribution in [2.45, 2.75) is 19.4 Å². The van der Waals surface area contributed by atoms with Crippen molar-refractivity contribution in [2.24, 2.45) is 0 Å². The van der Waals surface area contributed by atoms with Crippen LogP contribution in [0, 0.1) is 0 Å². The first-order valence-corrected chi connectivity index (χ1v) is 8.48. The van der Waals surface area contributed by atoms with E-state index in [1.807, 2.05) is 13.0 Å². The Balaban J connectivity index is 1.95. The second-order valence-corrected chi connectivity index (χ2v) is 6.42. The summed E-state index contributed by atoms with van der Waals surface area (Å²) in [5, 5.41) is 4.06. The maximum Gasteiger partial charge on any atom is 0.261 e. The molecule has 128 valence electrons. The first-order valence-electron chi connectivity index (χ1n) is 7.72. The molecule has 0 radical (unpaired) electrons. The van der Waals surface area contributed by atoms with E-state index in [1.54, 1.807) is 36.4 Å². The molecule has 1 amide bonds. The minimum Gasteiger partial charge on any atom is -0.324 e. The van der Waals surface area contributed by atoms with Crippen LogP contribution in [0.1, 0.15) is 19.4 Å². The van der Waals surface area contributed by atoms with Gasteiger partial charge < -0.3 is 5.32 Å². The largest absolute Gasteiger partial charge is 0.324 e. The minimum atomic E-state index is -0.692. The van der Waals surface area contributed by atoms with E-state index in [4.69, 9.17) is 23.2 Å². The van der Waals surface area contributed by atoms with Crippen molar-refractivity contribution in [2.75, 3.05) is 5.32 Å². The Morgan fingerprint density at radius 1 is 1.20 bits per heavy atom. The summed E-state index contributed by atoms with van der Waals surface area (Å²) in [6, 6.07) is 11.1. The van der Waals surface area contributed by atoms with Gasteiger partial charge in [-0.15, -0.1) is 0 Å². The van der Waals surface area contributed by atoms with Gasteiger partial charge in [0.2, 0.25) is 5.91 Å². The number of para-hydroxylation sites is 1. The smallest absolute Gasteiger partial charge is 0.261 e. The Bertz CT molecular complexity index is 981. The fraction of sp³-hybridized carbons (Fsp3) is 0.167. The Morgan fingerprint density at radius 2 is 1.88 bits per heavy atom. The van der Waals surface area contributed by atoms with Gasteiger partial charge in [0, 0.05) is 15.7 Å². The molecule has 1 aromatic heterocycles. The molecule has 5 nitrogen and oxygen atoms in total. The predicted molar refractivity (Wildman–Crippen MR) is 100 cm³/mol. The summed E-state index contributed by atoms with van der Waals surface area (Å²) >= 11 is 11.9. The number of hydrogen-bond donors (Lipinski definition) is 1. The van der Waals surface area contributed by atoms with Crippen LogP contribution in [0.5, 0.6) is 0 Å². The van der Waals surface area contributed by atoms with Crippen LogP contribution in [0.2, 0.25) is 10.0 Å². The van der Waals surface area contributed by atoms with E-state index in [9.17, 15) is 9.59 Å². The fourth-order valence-electron chi connectivity index (χ4n) is 2.66. The van der Waals surface area contributed by atoms with Gasteiger partial charge in [-0.1, -0.05) is 42.3 Å². The molecule has 3 aromatic rings. The maximum absolute atomic E-state index is 12.7. The van der Waals surface area contributed by atoms with E-state index in [0.717, 1.165) is 0 Å². The van der Waals surface area contributed by atoms with Crippen molar-refractivity contribution in [1.29, 1.82) is 0 Å². The van der Waals surface area contributed by atoms with E-state index in [2.05, 4.69) is 10.3 Å².